The van der Waals surface area contributed by atoms with Gasteiger partial charge in [-0.1, -0.05) is 13.2 Å². The van der Waals surface area contributed by atoms with Crippen LogP contribution in [0.4, 0.5) is 0 Å². The van der Waals surface area contributed by atoms with Gasteiger partial charge in [-0.3, -0.25) is 4.79 Å². The van der Waals surface area contributed by atoms with Crippen molar-refractivity contribution in [1.29, 1.82) is 0 Å². The van der Waals surface area contributed by atoms with Crippen LogP contribution in [-0.2, 0) is 4.79 Å². The molecule has 0 aromatic heterocycles. The molecule has 0 N–H and O–H groups in total. The van der Waals surface area contributed by atoms with Gasteiger partial charge >= 0.3 is 0 Å². The minimum Gasteiger partial charge on any atom is -0.318 e. The third-order valence-corrected chi connectivity index (χ3v) is 1.75. The molecule has 0 saturated carbocycles. The van der Waals surface area contributed by atoms with Gasteiger partial charge in [0.25, 0.3) is 5.91 Å². The maximum absolute atomic E-state index is 11.0. The van der Waals surface area contributed by atoms with Crippen LogP contribution in [0.15, 0.2) is 24.3 Å². The van der Waals surface area contributed by atoms with Crippen LogP contribution in [0.5, 0.6) is 0 Å². The molecule has 0 aliphatic heterocycles. The summed E-state index contributed by atoms with van der Waals surface area (Å²) in [5.41, 5.74) is 0. The van der Waals surface area contributed by atoms with E-state index in [0.29, 0.717) is 4.91 Å². The van der Waals surface area contributed by atoms with E-state index in [2.05, 4.69) is 13.2 Å². The summed E-state index contributed by atoms with van der Waals surface area (Å²) in [5, 5.41) is 0. The lowest BCUT2D eigenvalue weighted by atomic mass is 10.5. The van der Waals surface area contributed by atoms with E-state index in [4.69, 9.17) is 0 Å². The van der Waals surface area contributed by atoms with Gasteiger partial charge in [-0.15, -0.1) is 11.8 Å². The van der Waals surface area contributed by atoms with E-state index in [-0.39, 0.29) is 5.91 Å². The standard InChI is InChI=1S/C7H11NOS/c1-5-8(3)7(9)6(2)10-4/h5H,1-2H2,3-4H3. The maximum atomic E-state index is 11.0. The molecule has 1 amide bonds. The Kier molecular flexibility index (Phi) is 3.88. The lowest BCUT2D eigenvalue weighted by Crippen LogP contribution is -2.20. The Morgan fingerprint density at radius 1 is 1.70 bits per heavy atom. The van der Waals surface area contributed by atoms with Crippen molar-refractivity contribution in [3.05, 3.63) is 24.3 Å². The SMILES string of the molecule is C=CN(C)C(=O)C(=C)SC. The summed E-state index contributed by atoms with van der Waals surface area (Å²) >= 11 is 1.34. The molecule has 0 rings (SSSR count). The number of carbonyl (C=O) groups is 1. The van der Waals surface area contributed by atoms with Crippen molar-refractivity contribution in [2.45, 2.75) is 0 Å². The van der Waals surface area contributed by atoms with Crippen LogP contribution in [0.25, 0.3) is 0 Å². The zero-order valence-electron chi connectivity index (χ0n) is 6.26. The second kappa shape index (κ2) is 4.17. The first kappa shape index (κ1) is 9.30. The van der Waals surface area contributed by atoms with E-state index in [0.717, 1.165) is 0 Å². The molecule has 0 radical (unpaired) electrons. The smallest absolute Gasteiger partial charge is 0.263 e. The summed E-state index contributed by atoms with van der Waals surface area (Å²) in [5.74, 6) is -0.0949. The Labute approximate surface area is 65.6 Å². The van der Waals surface area contributed by atoms with Crippen molar-refractivity contribution in [2.24, 2.45) is 0 Å². The summed E-state index contributed by atoms with van der Waals surface area (Å²) in [6, 6.07) is 0. The molecule has 0 saturated heterocycles. The number of thioether (sulfide) groups is 1. The van der Waals surface area contributed by atoms with Gasteiger partial charge < -0.3 is 4.90 Å². The molecule has 0 heterocycles. The summed E-state index contributed by atoms with van der Waals surface area (Å²) in [7, 11) is 1.65. The highest BCUT2D eigenvalue weighted by molar-refractivity contribution is 8.03. The Balaban J connectivity index is 4.07. The normalized spacial score (nSPS) is 8.60. The van der Waals surface area contributed by atoms with Gasteiger partial charge in [0.05, 0.1) is 4.91 Å². The Morgan fingerprint density at radius 2 is 2.20 bits per heavy atom. The summed E-state index contributed by atoms with van der Waals surface area (Å²) in [6.07, 6.45) is 3.28. The van der Waals surface area contributed by atoms with Gasteiger partial charge in [0, 0.05) is 7.05 Å². The molecule has 0 aromatic rings. The molecule has 0 atom stereocenters. The second-order valence-corrected chi connectivity index (χ2v) is 2.63. The topological polar surface area (TPSA) is 20.3 Å². The molecule has 10 heavy (non-hydrogen) atoms. The number of hydrogen-bond acceptors (Lipinski definition) is 2. The quantitative estimate of drug-likeness (QED) is 0.578. The fourth-order valence-corrected chi connectivity index (χ4v) is 0.686. The van der Waals surface area contributed by atoms with Gasteiger partial charge in [0.15, 0.2) is 0 Å². The highest BCUT2D eigenvalue weighted by Crippen LogP contribution is 2.10. The van der Waals surface area contributed by atoms with E-state index in [1.807, 2.05) is 6.26 Å². The van der Waals surface area contributed by atoms with Crippen molar-refractivity contribution >= 4 is 17.7 Å². The minimum absolute atomic E-state index is 0.0949. The molecule has 0 spiro atoms. The number of likely N-dealkylation sites (N-methyl/N-ethyl adjacent to an activating group) is 1. The van der Waals surface area contributed by atoms with Crippen molar-refractivity contribution in [2.75, 3.05) is 13.3 Å². The maximum Gasteiger partial charge on any atom is 0.263 e. The highest BCUT2D eigenvalue weighted by Gasteiger charge is 2.07. The summed E-state index contributed by atoms with van der Waals surface area (Å²) < 4.78 is 0. The van der Waals surface area contributed by atoms with E-state index < -0.39 is 0 Å². The molecular formula is C7H11NOS. The average molecular weight is 157 g/mol. The molecule has 2 nitrogen and oxygen atoms in total. The zero-order chi connectivity index (χ0) is 8.15. The first-order valence-corrected chi connectivity index (χ1v) is 3.98. The van der Waals surface area contributed by atoms with Crippen molar-refractivity contribution in [3.63, 3.8) is 0 Å². The number of hydrogen-bond donors (Lipinski definition) is 0. The first-order valence-electron chi connectivity index (χ1n) is 2.76. The minimum atomic E-state index is -0.0949. The van der Waals surface area contributed by atoms with E-state index in [1.165, 1.54) is 22.9 Å². The molecule has 0 aliphatic rings. The average Bonchev–Trinajstić information content (AvgIpc) is 2.00. The van der Waals surface area contributed by atoms with Crippen LogP contribution in [0.3, 0.4) is 0 Å². The summed E-state index contributed by atoms with van der Waals surface area (Å²) in [6.45, 7) is 7.02. The monoisotopic (exact) mass is 157 g/mol. The highest BCUT2D eigenvalue weighted by atomic mass is 32.2. The molecule has 0 fully saturated rings. The van der Waals surface area contributed by atoms with Crippen LogP contribution >= 0.6 is 11.8 Å². The van der Waals surface area contributed by atoms with Crippen LogP contribution in [0, 0.1) is 0 Å². The predicted octanol–water partition coefficient (Wildman–Crippen LogP) is 1.47. The molecule has 3 heteroatoms. The molecule has 56 valence electrons. The predicted molar refractivity (Wildman–Crippen MR) is 45.6 cm³/mol. The number of carbonyl (C=O) groups excluding carboxylic acids is 1. The van der Waals surface area contributed by atoms with Crippen molar-refractivity contribution < 1.29 is 4.79 Å². The molecule has 0 bridgehead atoms. The van der Waals surface area contributed by atoms with Gasteiger partial charge in [0.1, 0.15) is 0 Å². The third kappa shape index (κ3) is 2.27. The molecule has 0 unspecified atom stereocenters. The largest absolute Gasteiger partial charge is 0.318 e. The summed E-state index contributed by atoms with van der Waals surface area (Å²) in [4.78, 5) is 13.0. The number of amides is 1. The zero-order valence-corrected chi connectivity index (χ0v) is 7.07. The van der Waals surface area contributed by atoms with E-state index in [1.54, 1.807) is 7.05 Å². The van der Waals surface area contributed by atoms with Gasteiger partial charge in [0.2, 0.25) is 0 Å². The number of nitrogens with zero attached hydrogens (tertiary/aromatic N) is 1. The van der Waals surface area contributed by atoms with Crippen LogP contribution in [0.1, 0.15) is 0 Å². The van der Waals surface area contributed by atoms with E-state index >= 15 is 0 Å². The molecule has 0 aromatic carbocycles. The Bertz CT molecular complexity index is 165. The second-order valence-electron chi connectivity index (χ2n) is 1.73. The van der Waals surface area contributed by atoms with Gasteiger partial charge in [-0.2, -0.15) is 0 Å². The van der Waals surface area contributed by atoms with Crippen molar-refractivity contribution in [3.8, 4) is 0 Å². The Hall–Kier alpha value is -0.700. The molecular weight excluding hydrogens is 146 g/mol. The lowest BCUT2D eigenvalue weighted by Gasteiger charge is -2.10. The van der Waals surface area contributed by atoms with E-state index in [9.17, 15) is 4.79 Å². The fourth-order valence-electron chi connectivity index (χ4n) is 0.367. The Morgan fingerprint density at radius 3 is 2.50 bits per heavy atom. The lowest BCUT2D eigenvalue weighted by molar-refractivity contribution is -0.122. The molecule has 0 aliphatic carbocycles. The first-order chi connectivity index (χ1) is 4.63. The van der Waals surface area contributed by atoms with Crippen LogP contribution in [-0.4, -0.2) is 24.1 Å². The van der Waals surface area contributed by atoms with Gasteiger partial charge in [-0.25, -0.2) is 0 Å². The van der Waals surface area contributed by atoms with Crippen LogP contribution in [0.2, 0.25) is 0 Å². The fraction of sp³-hybridized carbons (Fsp3) is 0.286. The van der Waals surface area contributed by atoms with Crippen molar-refractivity contribution in [1.82, 2.24) is 4.90 Å². The third-order valence-electron chi connectivity index (χ3n) is 1.08. The van der Waals surface area contributed by atoms with Gasteiger partial charge in [-0.05, 0) is 12.5 Å². The van der Waals surface area contributed by atoms with Crippen LogP contribution < -0.4 is 0 Å². The number of rotatable bonds is 3.